The van der Waals surface area contributed by atoms with Gasteiger partial charge in [0.05, 0.1) is 5.69 Å². The number of nitrogens with zero attached hydrogens (tertiary/aromatic N) is 2. The Labute approximate surface area is 146 Å². The Morgan fingerprint density at radius 2 is 1.75 bits per heavy atom. The predicted molar refractivity (Wildman–Crippen MR) is 93.8 cm³/mol. The molecule has 122 valence electrons. The van der Waals surface area contributed by atoms with Crippen molar-refractivity contribution in [1.29, 1.82) is 0 Å². The molecule has 0 unspecified atom stereocenters. The van der Waals surface area contributed by atoms with Crippen molar-refractivity contribution < 1.29 is 8.78 Å². The molecule has 1 heterocycles. The largest absolute Gasteiger partial charge is 0.335 e. The fourth-order valence-electron chi connectivity index (χ4n) is 2.08. The minimum Gasteiger partial charge on any atom is -0.335 e. The summed E-state index contributed by atoms with van der Waals surface area (Å²) in [7, 11) is 0. The van der Waals surface area contributed by atoms with E-state index in [1.165, 1.54) is 30.5 Å². The molecule has 7 heteroatoms. The average molecular weight is 391 g/mol. The fraction of sp³-hybridized carbons (Fsp3) is 0.0588. The number of aryl methyl sites for hydroxylation is 1. The van der Waals surface area contributed by atoms with Crippen LogP contribution >= 0.6 is 15.9 Å². The molecule has 0 radical (unpaired) electrons. The molecule has 0 aliphatic carbocycles. The van der Waals surface area contributed by atoms with Crippen molar-refractivity contribution in [2.24, 2.45) is 0 Å². The first-order valence-electron chi connectivity index (χ1n) is 7.10. The van der Waals surface area contributed by atoms with E-state index >= 15 is 0 Å². The second-order valence-corrected chi connectivity index (χ2v) is 5.95. The molecule has 0 atom stereocenters. The van der Waals surface area contributed by atoms with E-state index in [1.54, 1.807) is 0 Å². The van der Waals surface area contributed by atoms with Gasteiger partial charge < -0.3 is 10.6 Å². The molecule has 0 saturated carbocycles. The minimum atomic E-state index is -0.690. The monoisotopic (exact) mass is 390 g/mol. The topological polar surface area (TPSA) is 49.8 Å². The molecular weight excluding hydrogens is 378 g/mol. The molecule has 4 nitrogen and oxygen atoms in total. The van der Waals surface area contributed by atoms with E-state index in [0.29, 0.717) is 5.95 Å². The SMILES string of the molecule is Cc1ccc(Nc2nccc(Nc3c(F)cccc3F)n2)c(Br)c1. The Kier molecular flexibility index (Phi) is 4.71. The molecule has 0 fully saturated rings. The van der Waals surface area contributed by atoms with Crippen LogP contribution in [0.15, 0.2) is 53.1 Å². The van der Waals surface area contributed by atoms with E-state index in [1.807, 2.05) is 25.1 Å². The zero-order valence-electron chi connectivity index (χ0n) is 12.6. The lowest BCUT2D eigenvalue weighted by Crippen LogP contribution is -2.03. The standard InChI is InChI=1S/C17H13BrF2N4/c1-10-5-6-14(11(18)9-10)22-17-21-8-7-15(24-17)23-16-12(19)3-2-4-13(16)20/h2-9H,1H3,(H2,21,22,23,24). The zero-order chi connectivity index (χ0) is 17.1. The van der Waals surface area contributed by atoms with E-state index < -0.39 is 11.6 Å². The van der Waals surface area contributed by atoms with Crippen molar-refractivity contribution in [3.63, 3.8) is 0 Å². The lowest BCUT2D eigenvalue weighted by atomic mass is 10.2. The van der Waals surface area contributed by atoms with Crippen LogP contribution in [0.5, 0.6) is 0 Å². The third-order valence-corrected chi connectivity index (χ3v) is 3.90. The lowest BCUT2D eigenvalue weighted by Gasteiger charge is -2.11. The van der Waals surface area contributed by atoms with Crippen molar-refractivity contribution in [3.05, 3.63) is 70.3 Å². The predicted octanol–water partition coefficient (Wildman–Crippen LogP) is 5.31. The van der Waals surface area contributed by atoms with Gasteiger partial charge in [0.1, 0.15) is 23.1 Å². The third kappa shape index (κ3) is 3.68. The molecule has 0 spiro atoms. The van der Waals surface area contributed by atoms with Crippen molar-refractivity contribution in [2.75, 3.05) is 10.6 Å². The Bertz CT molecular complexity index is 866. The summed E-state index contributed by atoms with van der Waals surface area (Å²) in [6.45, 7) is 1.98. The van der Waals surface area contributed by atoms with Crippen molar-refractivity contribution in [2.45, 2.75) is 6.92 Å². The summed E-state index contributed by atoms with van der Waals surface area (Å²) < 4.78 is 28.3. The Morgan fingerprint density at radius 3 is 2.46 bits per heavy atom. The van der Waals surface area contributed by atoms with Crippen LogP contribution in [-0.2, 0) is 0 Å². The summed E-state index contributed by atoms with van der Waals surface area (Å²) >= 11 is 3.46. The van der Waals surface area contributed by atoms with E-state index in [2.05, 4.69) is 36.5 Å². The van der Waals surface area contributed by atoms with Crippen LogP contribution in [-0.4, -0.2) is 9.97 Å². The third-order valence-electron chi connectivity index (χ3n) is 3.24. The second-order valence-electron chi connectivity index (χ2n) is 5.10. The van der Waals surface area contributed by atoms with Crippen LogP contribution < -0.4 is 10.6 Å². The van der Waals surface area contributed by atoms with Crippen LogP contribution in [0.4, 0.5) is 31.9 Å². The normalized spacial score (nSPS) is 10.5. The molecule has 0 saturated heterocycles. The van der Waals surface area contributed by atoms with Gasteiger partial charge in [-0.2, -0.15) is 4.98 Å². The van der Waals surface area contributed by atoms with Gasteiger partial charge >= 0.3 is 0 Å². The Morgan fingerprint density at radius 1 is 1.00 bits per heavy atom. The van der Waals surface area contributed by atoms with E-state index in [9.17, 15) is 8.78 Å². The maximum Gasteiger partial charge on any atom is 0.229 e. The summed E-state index contributed by atoms with van der Waals surface area (Å²) in [6.07, 6.45) is 1.50. The highest BCUT2D eigenvalue weighted by atomic mass is 79.9. The van der Waals surface area contributed by atoms with E-state index in [4.69, 9.17) is 0 Å². The summed E-state index contributed by atoms with van der Waals surface area (Å²) in [5.41, 5.74) is 1.65. The fourth-order valence-corrected chi connectivity index (χ4v) is 2.67. The number of anilines is 4. The smallest absolute Gasteiger partial charge is 0.229 e. The number of aromatic nitrogens is 2. The zero-order valence-corrected chi connectivity index (χ0v) is 14.2. The van der Waals surface area contributed by atoms with Crippen LogP contribution in [0.25, 0.3) is 0 Å². The van der Waals surface area contributed by atoms with Gasteiger partial charge in [-0.05, 0) is 58.7 Å². The summed E-state index contributed by atoms with van der Waals surface area (Å²) in [5.74, 6) is -0.796. The molecule has 0 amide bonds. The maximum absolute atomic E-state index is 13.7. The first-order chi connectivity index (χ1) is 11.5. The first-order valence-corrected chi connectivity index (χ1v) is 7.89. The van der Waals surface area contributed by atoms with Gasteiger partial charge in [-0.3, -0.25) is 0 Å². The molecule has 2 N–H and O–H groups in total. The van der Waals surface area contributed by atoms with Crippen molar-refractivity contribution >= 4 is 39.1 Å². The highest BCUT2D eigenvalue weighted by Gasteiger charge is 2.10. The van der Waals surface area contributed by atoms with Crippen molar-refractivity contribution in [3.8, 4) is 0 Å². The average Bonchev–Trinajstić information content (AvgIpc) is 2.54. The van der Waals surface area contributed by atoms with Gasteiger partial charge in [-0.1, -0.05) is 12.1 Å². The maximum atomic E-state index is 13.7. The van der Waals surface area contributed by atoms with Gasteiger partial charge in [-0.25, -0.2) is 13.8 Å². The van der Waals surface area contributed by atoms with Gasteiger partial charge in [-0.15, -0.1) is 0 Å². The molecule has 2 aromatic carbocycles. The summed E-state index contributed by atoms with van der Waals surface area (Å²) in [4.78, 5) is 8.34. The van der Waals surface area contributed by atoms with E-state index in [0.717, 1.165) is 15.7 Å². The number of hydrogen-bond acceptors (Lipinski definition) is 4. The van der Waals surface area contributed by atoms with E-state index in [-0.39, 0.29) is 11.5 Å². The second kappa shape index (κ2) is 6.92. The number of hydrogen-bond donors (Lipinski definition) is 2. The van der Waals surface area contributed by atoms with Gasteiger partial charge in [0.25, 0.3) is 0 Å². The Balaban J connectivity index is 1.84. The van der Waals surface area contributed by atoms with Crippen LogP contribution in [0.2, 0.25) is 0 Å². The highest BCUT2D eigenvalue weighted by molar-refractivity contribution is 9.10. The molecule has 3 rings (SSSR count). The number of halogens is 3. The van der Waals surface area contributed by atoms with Crippen LogP contribution in [0, 0.1) is 18.6 Å². The lowest BCUT2D eigenvalue weighted by molar-refractivity contribution is 0.590. The Hall–Kier alpha value is -2.54. The van der Waals surface area contributed by atoms with Gasteiger partial charge in [0, 0.05) is 10.7 Å². The molecule has 0 aliphatic heterocycles. The van der Waals surface area contributed by atoms with Gasteiger partial charge in [0.15, 0.2) is 0 Å². The molecule has 3 aromatic rings. The van der Waals surface area contributed by atoms with Crippen molar-refractivity contribution in [1.82, 2.24) is 9.97 Å². The number of nitrogens with one attached hydrogen (secondary N) is 2. The summed E-state index contributed by atoms with van der Waals surface area (Å²) in [5, 5.41) is 5.70. The first kappa shape index (κ1) is 16.3. The summed E-state index contributed by atoms with van der Waals surface area (Å²) in [6, 6.07) is 11.0. The molecule has 0 bridgehead atoms. The number of benzene rings is 2. The molecule has 0 aliphatic rings. The minimum absolute atomic E-state index is 0.251. The molecular formula is C17H13BrF2N4. The quantitative estimate of drug-likeness (QED) is 0.633. The van der Waals surface area contributed by atoms with Crippen LogP contribution in [0.1, 0.15) is 5.56 Å². The molecule has 1 aromatic heterocycles. The number of para-hydroxylation sites is 1. The molecule has 24 heavy (non-hydrogen) atoms. The highest BCUT2D eigenvalue weighted by Crippen LogP contribution is 2.26. The number of rotatable bonds is 4. The van der Waals surface area contributed by atoms with Crippen LogP contribution in [0.3, 0.4) is 0 Å². The van der Waals surface area contributed by atoms with Gasteiger partial charge in [0.2, 0.25) is 5.95 Å².